The Balaban J connectivity index is 1.30. The fourth-order valence-corrected chi connectivity index (χ4v) is 5.56. The quantitative estimate of drug-likeness (QED) is 0.493. The third kappa shape index (κ3) is 5.55. The Labute approximate surface area is 201 Å². The standard InChI is InChI=1S/C25H31N5O3S/c1-21(27(2)18-23-17-26-29(20-23)19-22-9-5-3-6-10-22)25(31)28-13-15-30(16-14-28)34(32,33)24-11-7-4-8-12-24/h3-12,17,20-21H,13-16,18-19H2,1-2H3. The smallest absolute Gasteiger partial charge is 0.243 e. The van der Waals surface area contributed by atoms with Crippen molar-refractivity contribution in [3.8, 4) is 0 Å². The summed E-state index contributed by atoms with van der Waals surface area (Å²) in [6, 6.07) is 18.3. The first-order valence-corrected chi connectivity index (χ1v) is 12.9. The maximum atomic E-state index is 13.1. The maximum absolute atomic E-state index is 13.1. The molecule has 2 heterocycles. The molecule has 0 N–H and O–H groups in total. The minimum absolute atomic E-state index is 0.0101. The predicted octanol–water partition coefficient (Wildman–Crippen LogP) is 2.28. The number of piperazine rings is 1. The summed E-state index contributed by atoms with van der Waals surface area (Å²) in [7, 11) is -1.61. The number of nitrogens with zero attached hydrogens (tertiary/aromatic N) is 5. The molecule has 0 radical (unpaired) electrons. The van der Waals surface area contributed by atoms with Crippen LogP contribution in [0.2, 0.25) is 0 Å². The van der Waals surface area contributed by atoms with Crippen LogP contribution < -0.4 is 0 Å². The molecule has 4 rings (SSSR count). The van der Waals surface area contributed by atoms with Gasteiger partial charge in [0.15, 0.2) is 0 Å². The molecule has 1 fully saturated rings. The van der Waals surface area contributed by atoms with Crippen molar-refractivity contribution in [2.24, 2.45) is 0 Å². The van der Waals surface area contributed by atoms with Crippen LogP contribution >= 0.6 is 0 Å². The van der Waals surface area contributed by atoms with Gasteiger partial charge in [-0.2, -0.15) is 9.40 Å². The monoisotopic (exact) mass is 481 g/mol. The van der Waals surface area contributed by atoms with Crippen LogP contribution in [0.5, 0.6) is 0 Å². The lowest BCUT2D eigenvalue weighted by Crippen LogP contribution is -2.54. The van der Waals surface area contributed by atoms with E-state index < -0.39 is 10.0 Å². The number of hydrogen-bond acceptors (Lipinski definition) is 5. The van der Waals surface area contributed by atoms with Gasteiger partial charge < -0.3 is 4.90 Å². The molecule has 1 unspecified atom stereocenters. The van der Waals surface area contributed by atoms with E-state index >= 15 is 0 Å². The van der Waals surface area contributed by atoms with Crippen LogP contribution in [0.15, 0.2) is 78.0 Å². The number of sulfonamides is 1. The molecule has 1 aliphatic rings. The summed E-state index contributed by atoms with van der Waals surface area (Å²) in [5.74, 6) is 0.0101. The zero-order valence-electron chi connectivity index (χ0n) is 19.6. The molecule has 9 heteroatoms. The molecule has 1 aliphatic heterocycles. The number of aromatic nitrogens is 2. The Morgan fingerprint density at radius 2 is 1.59 bits per heavy atom. The van der Waals surface area contributed by atoms with Gasteiger partial charge in [0.25, 0.3) is 0 Å². The number of rotatable bonds is 8. The summed E-state index contributed by atoms with van der Waals surface area (Å²) in [5, 5.41) is 4.45. The van der Waals surface area contributed by atoms with Crippen LogP contribution in [0.3, 0.4) is 0 Å². The van der Waals surface area contributed by atoms with Crippen molar-refractivity contribution in [3.63, 3.8) is 0 Å². The molecular formula is C25H31N5O3S. The number of hydrogen-bond donors (Lipinski definition) is 0. The van der Waals surface area contributed by atoms with Crippen LogP contribution in [0.1, 0.15) is 18.1 Å². The first-order valence-electron chi connectivity index (χ1n) is 11.4. The Bertz CT molecular complexity index is 1190. The maximum Gasteiger partial charge on any atom is 0.243 e. The van der Waals surface area contributed by atoms with E-state index in [-0.39, 0.29) is 16.8 Å². The molecular weight excluding hydrogens is 450 g/mol. The predicted molar refractivity (Wildman–Crippen MR) is 130 cm³/mol. The molecule has 1 saturated heterocycles. The van der Waals surface area contributed by atoms with Gasteiger partial charge in [-0.1, -0.05) is 48.5 Å². The second-order valence-electron chi connectivity index (χ2n) is 8.67. The van der Waals surface area contributed by atoms with Gasteiger partial charge in [-0.05, 0) is 31.7 Å². The molecule has 1 amide bonds. The van der Waals surface area contributed by atoms with Gasteiger partial charge >= 0.3 is 0 Å². The summed E-state index contributed by atoms with van der Waals surface area (Å²) in [6.07, 6.45) is 3.84. The molecule has 0 bridgehead atoms. The Hall–Kier alpha value is -3.01. The van der Waals surface area contributed by atoms with Crippen LogP contribution in [0, 0.1) is 0 Å². The van der Waals surface area contributed by atoms with Crippen LogP contribution in [-0.2, 0) is 27.9 Å². The van der Waals surface area contributed by atoms with E-state index in [1.54, 1.807) is 35.2 Å². The van der Waals surface area contributed by atoms with Crippen molar-refractivity contribution in [2.45, 2.75) is 31.0 Å². The number of likely N-dealkylation sites (N-methyl/N-ethyl adjacent to an activating group) is 1. The number of amides is 1. The van der Waals surface area contributed by atoms with Crippen molar-refractivity contribution >= 4 is 15.9 Å². The Kier molecular flexibility index (Phi) is 7.45. The molecule has 8 nitrogen and oxygen atoms in total. The van der Waals surface area contributed by atoms with Gasteiger partial charge in [-0.3, -0.25) is 14.4 Å². The molecule has 180 valence electrons. The van der Waals surface area contributed by atoms with Crippen molar-refractivity contribution < 1.29 is 13.2 Å². The van der Waals surface area contributed by atoms with Gasteiger partial charge in [0, 0.05) is 44.5 Å². The summed E-state index contributed by atoms with van der Waals surface area (Å²) in [5.41, 5.74) is 2.22. The highest BCUT2D eigenvalue weighted by molar-refractivity contribution is 7.89. The first-order chi connectivity index (χ1) is 16.3. The number of carbonyl (C=O) groups is 1. The molecule has 0 saturated carbocycles. The molecule has 0 aliphatic carbocycles. The second kappa shape index (κ2) is 10.5. The lowest BCUT2D eigenvalue weighted by molar-refractivity contribution is -0.137. The lowest BCUT2D eigenvalue weighted by atomic mass is 10.2. The van der Waals surface area contributed by atoms with Crippen LogP contribution in [0.4, 0.5) is 0 Å². The summed E-state index contributed by atoms with van der Waals surface area (Å²) in [6.45, 7) is 4.57. The van der Waals surface area contributed by atoms with Crippen molar-refractivity contribution in [1.82, 2.24) is 23.9 Å². The minimum Gasteiger partial charge on any atom is -0.339 e. The van der Waals surface area contributed by atoms with Gasteiger partial charge in [-0.15, -0.1) is 0 Å². The molecule has 3 aromatic rings. The van der Waals surface area contributed by atoms with E-state index in [0.29, 0.717) is 39.3 Å². The van der Waals surface area contributed by atoms with E-state index in [1.165, 1.54) is 9.87 Å². The fraction of sp³-hybridized carbons (Fsp3) is 0.360. The van der Waals surface area contributed by atoms with Gasteiger partial charge in [0.2, 0.25) is 15.9 Å². The first kappa shape index (κ1) is 24.1. The van der Waals surface area contributed by atoms with E-state index in [0.717, 1.165) is 5.56 Å². The second-order valence-corrected chi connectivity index (χ2v) is 10.6. The van der Waals surface area contributed by atoms with E-state index in [2.05, 4.69) is 17.2 Å². The zero-order valence-corrected chi connectivity index (χ0v) is 20.4. The third-order valence-electron chi connectivity index (χ3n) is 6.26. The number of carbonyl (C=O) groups excluding carboxylic acids is 1. The highest BCUT2D eigenvalue weighted by Gasteiger charge is 2.32. The van der Waals surface area contributed by atoms with Gasteiger partial charge in [-0.25, -0.2) is 8.42 Å². The average molecular weight is 482 g/mol. The molecule has 0 spiro atoms. The minimum atomic E-state index is -3.53. The normalized spacial score (nSPS) is 16.0. The summed E-state index contributed by atoms with van der Waals surface area (Å²) in [4.78, 5) is 17.1. The highest BCUT2D eigenvalue weighted by Crippen LogP contribution is 2.18. The van der Waals surface area contributed by atoms with Gasteiger partial charge in [0.1, 0.15) is 0 Å². The van der Waals surface area contributed by atoms with Crippen molar-refractivity contribution in [3.05, 3.63) is 84.2 Å². The van der Waals surface area contributed by atoms with E-state index in [9.17, 15) is 13.2 Å². The molecule has 1 aromatic heterocycles. The SMILES string of the molecule is CC(C(=O)N1CCN(S(=O)(=O)c2ccccc2)CC1)N(C)Cc1cnn(Cc2ccccc2)c1. The van der Waals surface area contributed by atoms with E-state index in [4.69, 9.17) is 0 Å². The zero-order chi connectivity index (χ0) is 24.1. The van der Waals surface area contributed by atoms with Crippen molar-refractivity contribution in [2.75, 3.05) is 33.2 Å². The third-order valence-corrected chi connectivity index (χ3v) is 8.17. The molecule has 34 heavy (non-hydrogen) atoms. The Morgan fingerprint density at radius 3 is 2.24 bits per heavy atom. The topological polar surface area (TPSA) is 78.8 Å². The largest absolute Gasteiger partial charge is 0.339 e. The summed E-state index contributed by atoms with van der Waals surface area (Å²) >= 11 is 0. The average Bonchev–Trinajstić information content (AvgIpc) is 3.30. The molecule has 1 atom stereocenters. The lowest BCUT2D eigenvalue weighted by Gasteiger charge is -2.36. The number of benzene rings is 2. The van der Waals surface area contributed by atoms with Crippen LogP contribution in [-0.4, -0.2) is 77.5 Å². The summed E-state index contributed by atoms with van der Waals surface area (Å²) < 4.78 is 29.0. The van der Waals surface area contributed by atoms with Gasteiger partial charge in [0.05, 0.1) is 23.7 Å². The fourth-order valence-electron chi connectivity index (χ4n) is 4.11. The van der Waals surface area contributed by atoms with Crippen LogP contribution in [0.25, 0.3) is 0 Å². The van der Waals surface area contributed by atoms with E-state index in [1.807, 2.05) is 54.1 Å². The molecule has 2 aromatic carbocycles. The van der Waals surface area contributed by atoms with Crippen molar-refractivity contribution in [1.29, 1.82) is 0 Å². The Morgan fingerprint density at radius 1 is 0.971 bits per heavy atom. The highest BCUT2D eigenvalue weighted by atomic mass is 32.2.